The van der Waals surface area contributed by atoms with Gasteiger partial charge in [0.25, 0.3) is 5.91 Å². The molecular formula is C22H23N5O4. The number of H-pyrrole nitrogens is 1. The zero-order chi connectivity index (χ0) is 21.0. The highest BCUT2D eigenvalue weighted by atomic mass is 16.6. The number of carbonyl (C=O) groups excluding carboxylic acids is 1. The molecule has 0 atom stereocenters. The summed E-state index contributed by atoms with van der Waals surface area (Å²) >= 11 is 0. The van der Waals surface area contributed by atoms with E-state index in [9.17, 15) is 4.79 Å². The smallest absolute Gasteiger partial charge is 0.255 e. The zero-order valence-corrected chi connectivity index (χ0v) is 17.0. The molecule has 160 valence electrons. The molecule has 3 aromatic rings. The van der Waals surface area contributed by atoms with Crippen molar-refractivity contribution >= 4 is 11.7 Å². The second-order valence-corrected chi connectivity index (χ2v) is 7.32. The number of pyridine rings is 1. The van der Waals surface area contributed by atoms with Crippen LogP contribution in [0.4, 0.5) is 5.82 Å². The molecule has 2 aromatic heterocycles. The lowest BCUT2D eigenvalue weighted by Crippen LogP contribution is -2.36. The van der Waals surface area contributed by atoms with Crippen LogP contribution in [-0.2, 0) is 11.3 Å². The molecule has 0 saturated carbocycles. The minimum Gasteiger partial charge on any atom is -0.486 e. The largest absolute Gasteiger partial charge is 0.486 e. The molecule has 2 aliphatic rings. The van der Waals surface area contributed by atoms with E-state index in [1.54, 1.807) is 6.20 Å². The Morgan fingerprint density at radius 1 is 1.03 bits per heavy atom. The van der Waals surface area contributed by atoms with Crippen molar-refractivity contribution in [1.29, 1.82) is 0 Å². The van der Waals surface area contributed by atoms with Crippen molar-refractivity contribution in [2.75, 3.05) is 44.4 Å². The number of rotatable bonds is 5. The van der Waals surface area contributed by atoms with Gasteiger partial charge in [-0.3, -0.25) is 9.89 Å². The maximum absolute atomic E-state index is 12.8. The number of aromatic nitrogens is 3. The van der Waals surface area contributed by atoms with E-state index in [1.807, 2.05) is 30.3 Å². The highest BCUT2D eigenvalue weighted by Gasteiger charge is 2.19. The average molecular weight is 421 g/mol. The van der Waals surface area contributed by atoms with Crippen molar-refractivity contribution in [2.45, 2.75) is 6.54 Å². The van der Waals surface area contributed by atoms with Crippen molar-refractivity contribution in [3.8, 4) is 22.8 Å². The van der Waals surface area contributed by atoms with Crippen LogP contribution in [0.25, 0.3) is 11.3 Å². The SMILES string of the molecule is O=C(NCc1ccc(N2CCOCC2)nc1)c1cn[nH]c1-c1ccc2c(c1)OCCO2. The van der Waals surface area contributed by atoms with Gasteiger partial charge in [0.05, 0.1) is 30.7 Å². The third-order valence-electron chi connectivity index (χ3n) is 5.31. The Bertz CT molecular complexity index is 1060. The fourth-order valence-corrected chi connectivity index (χ4v) is 3.66. The van der Waals surface area contributed by atoms with Crippen molar-refractivity contribution in [3.05, 3.63) is 53.9 Å². The first-order valence-corrected chi connectivity index (χ1v) is 10.3. The summed E-state index contributed by atoms with van der Waals surface area (Å²) in [5.74, 6) is 2.08. The number of amides is 1. The van der Waals surface area contributed by atoms with Crippen LogP contribution in [-0.4, -0.2) is 60.6 Å². The number of anilines is 1. The molecule has 0 bridgehead atoms. The quantitative estimate of drug-likeness (QED) is 0.650. The number of aromatic amines is 1. The van der Waals surface area contributed by atoms with Gasteiger partial charge in [-0.2, -0.15) is 5.10 Å². The average Bonchev–Trinajstić information content (AvgIpc) is 3.33. The summed E-state index contributed by atoms with van der Waals surface area (Å²) < 4.78 is 16.6. The normalized spacial score (nSPS) is 15.5. The number of morpholine rings is 1. The summed E-state index contributed by atoms with van der Waals surface area (Å²) in [7, 11) is 0. The number of benzene rings is 1. The van der Waals surface area contributed by atoms with Gasteiger partial charge in [0.2, 0.25) is 0 Å². The van der Waals surface area contributed by atoms with E-state index >= 15 is 0 Å². The van der Waals surface area contributed by atoms with E-state index in [-0.39, 0.29) is 5.91 Å². The van der Waals surface area contributed by atoms with Crippen LogP contribution < -0.4 is 19.7 Å². The topological polar surface area (TPSA) is 102 Å². The standard InChI is InChI=1S/C22H23N5O4/c28-22(24-13-15-1-4-20(23-12-15)27-5-7-29-8-6-27)17-14-25-26-21(17)16-2-3-18-19(11-16)31-10-9-30-18/h1-4,11-12,14H,5-10,13H2,(H,24,28)(H,25,26). The van der Waals surface area contributed by atoms with Gasteiger partial charge < -0.3 is 24.4 Å². The van der Waals surface area contributed by atoms with Crippen molar-refractivity contribution < 1.29 is 19.0 Å². The predicted octanol–water partition coefficient (Wildman–Crippen LogP) is 2.01. The Labute approximate surface area is 179 Å². The monoisotopic (exact) mass is 421 g/mol. The number of nitrogens with zero attached hydrogens (tertiary/aromatic N) is 3. The molecule has 0 unspecified atom stereocenters. The van der Waals surface area contributed by atoms with E-state index in [4.69, 9.17) is 14.2 Å². The summed E-state index contributed by atoms with van der Waals surface area (Å²) in [4.78, 5) is 19.5. The van der Waals surface area contributed by atoms with Crippen LogP contribution >= 0.6 is 0 Å². The minimum atomic E-state index is -0.212. The number of nitrogens with one attached hydrogen (secondary N) is 2. The van der Waals surface area contributed by atoms with Crippen LogP contribution in [0.2, 0.25) is 0 Å². The summed E-state index contributed by atoms with van der Waals surface area (Å²) in [5.41, 5.74) is 2.84. The molecule has 9 nitrogen and oxygen atoms in total. The van der Waals surface area contributed by atoms with Gasteiger partial charge in [-0.25, -0.2) is 4.98 Å². The molecule has 2 N–H and O–H groups in total. The van der Waals surface area contributed by atoms with Gasteiger partial charge in [-0.15, -0.1) is 0 Å². The fraction of sp³-hybridized carbons (Fsp3) is 0.318. The molecule has 1 saturated heterocycles. The molecule has 0 radical (unpaired) electrons. The predicted molar refractivity (Wildman–Crippen MR) is 113 cm³/mol. The number of hydrogen-bond acceptors (Lipinski definition) is 7. The first kappa shape index (κ1) is 19.4. The molecule has 31 heavy (non-hydrogen) atoms. The molecule has 0 aliphatic carbocycles. The zero-order valence-electron chi connectivity index (χ0n) is 17.0. The molecule has 4 heterocycles. The summed E-state index contributed by atoms with van der Waals surface area (Å²) in [6, 6.07) is 9.54. The van der Waals surface area contributed by atoms with Gasteiger partial charge in [0, 0.05) is 31.4 Å². The Kier molecular flexibility index (Phi) is 5.40. The molecule has 1 fully saturated rings. The number of carbonyl (C=O) groups is 1. The molecule has 5 rings (SSSR count). The molecular weight excluding hydrogens is 398 g/mol. The lowest BCUT2D eigenvalue weighted by Gasteiger charge is -2.27. The highest BCUT2D eigenvalue weighted by Crippen LogP contribution is 2.34. The van der Waals surface area contributed by atoms with Crippen molar-refractivity contribution in [3.63, 3.8) is 0 Å². The number of hydrogen-bond donors (Lipinski definition) is 2. The van der Waals surface area contributed by atoms with Crippen LogP contribution in [0.3, 0.4) is 0 Å². The van der Waals surface area contributed by atoms with E-state index in [1.165, 1.54) is 6.20 Å². The van der Waals surface area contributed by atoms with E-state index in [0.29, 0.717) is 42.5 Å². The Morgan fingerprint density at radius 2 is 1.87 bits per heavy atom. The first-order chi connectivity index (χ1) is 15.3. The lowest BCUT2D eigenvalue weighted by atomic mass is 10.1. The third-order valence-corrected chi connectivity index (χ3v) is 5.31. The van der Waals surface area contributed by atoms with E-state index in [2.05, 4.69) is 25.4 Å². The van der Waals surface area contributed by atoms with Crippen LogP contribution in [0.1, 0.15) is 15.9 Å². The Balaban J connectivity index is 1.25. The molecule has 9 heteroatoms. The van der Waals surface area contributed by atoms with Gasteiger partial charge in [0.1, 0.15) is 19.0 Å². The number of ether oxygens (including phenoxy) is 3. The van der Waals surface area contributed by atoms with Crippen LogP contribution in [0, 0.1) is 0 Å². The van der Waals surface area contributed by atoms with E-state index in [0.717, 1.165) is 43.2 Å². The van der Waals surface area contributed by atoms with Crippen LogP contribution in [0.15, 0.2) is 42.7 Å². The molecule has 1 amide bonds. The van der Waals surface area contributed by atoms with E-state index < -0.39 is 0 Å². The Hall–Kier alpha value is -3.59. The Morgan fingerprint density at radius 3 is 2.68 bits per heavy atom. The fourth-order valence-electron chi connectivity index (χ4n) is 3.66. The van der Waals surface area contributed by atoms with Gasteiger partial charge in [-0.05, 0) is 29.8 Å². The van der Waals surface area contributed by atoms with Crippen molar-refractivity contribution in [1.82, 2.24) is 20.5 Å². The first-order valence-electron chi connectivity index (χ1n) is 10.3. The maximum Gasteiger partial charge on any atom is 0.255 e. The molecule has 0 spiro atoms. The van der Waals surface area contributed by atoms with Gasteiger partial charge in [0.15, 0.2) is 11.5 Å². The maximum atomic E-state index is 12.8. The lowest BCUT2D eigenvalue weighted by molar-refractivity contribution is 0.0951. The molecule has 2 aliphatic heterocycles. The number of fused-ring (bicyclic) bond motifs is 1. The summed E-state index contributed by atoms with van der Waals surface area (Å²) in [6.07, 6.45) is 3.32. The van der Waals surface area contributed by atoms with Crippen LogP contribution in [0.5, 0.6) is 11.5 Å². The summed E-state index contributed by atoms with van der Waals surface area (Å²) in [5, 5.41) is 9.92. The summed E-state index contributed by atoms with van der Waals surface area (Å²) in [6.45, 7) is 4.53. The molecule has 1 aromatic carbocycles. The second kappa shape index (κ2) is 8.65. The van der Waals surface area contributed by atoms with Crippen molar-refractivity contribution in [2.24, 2.45) is 0 Å². The highest BCUT2D eigenvalue weighted by molar-refractivity contribution is 5.99. The second-order valence-electron chi connectivity index (χ2n) is 7.32. The van der Waals surface area contributed by atoms with Gasteiger partial charge >= 0.3 is 0 Å². The van der Waals surface area contributed by atoms with Gasteiger partial charge in [-0.1, -0.05) is 6.07 Å². The third kappa shape index (κ3) is 4.17. The minimum absolute atomic E-state index is 0.212.